The van der Waals surface area contributed by atoms with Crippen molar-refractivity contribution in [1.82, 2.24) is 15.1 Å². The SMILES string of the molecule is CCC(C)NCCN(CCN(C(C)CC)C(C)CC)C(C)CC. The molecule has 0 spiro atoms. The van der Waals surface area contributed by atoms with Crippen LogP contribution in [0.5, 0.6) is 0 Å². The maximum Gasteiger partial charge on any atom is 0.0115 e. The van der Waals surface area contributed by atoms with Crippen LogP contribution in [0.25, 0.3) is 0 Å². The highest BCUT2D eigenvalue weighted by Crippen LogP contribution is 2.12. The van der Waals surface area contributed by atoms with Crippen molar-refractivity contribution in [2.24, 2.45) is 0 Å². The average Bonchev–Trinajstić information content (AvgIpc) is 2.58. The Hall–Kier alpha value is -0.120. The first-order valence-electron chi connectivity index (χ1n) is 10.1. The molecule has 23 heavy (non-hydrogen) atoms. The summed E-state index contributed by atoms with van der Waals surface area (Å²) in [6, 6.07) is 2.67. The van der Waals surface area contributed by atoms with Gasteiger partial charge in [0.25, 0.3) is 0 Å². The molecule has 0 rings (SSSR count). The zero-order valence-corrected chi connectivity index (χ0v) is 17.4. The molecule has 0 heterocycles. The van der Waals surface area contributed by atoms with Crippen LogP contribution in [0.4, 0.5) is 0 Å². The van der Waals surface area contributed by atoms with E-state index in [1.165, 1.54) is 38.8 Å². The van der Waals surface area contributed by atoms with Crippen molar-refractivity contribution in [2.75, 3.05) is 26.2 Å². The normalized spacial score (nSPS) is 17.5. The number of hydrogen-bond acceptors (Lipinski definition) is 3. The minimum atomic E-state index is 0.630. The van der Waals surface area contributed by atoms with E-state index in [-0.39, 0.29) is 0 Å². The second-order valence-electron chi connectivity index (χ2n) is 7.31. The lowest BCUT2D eigenvalue weighted by Crippen LogP contribution is -2.47. The fourth-order valence-electron chi connectivity index (χ4n) is 3.00. The van der Waals surface area contributed by atoms with Crippen LogP contribution in [-0.4, -0.2) is 60.1 Å². The van der Waals surface area contributed by atoms with Gasteiger partial charge in [-0.1, -0.05) is 27.7 Å². The number of nitrogens with zero attached hydrogens (tertiary/aromatic N) is 2. The summed E-state index contributed by atoms with van der Waals surface area (Å²) in [7, 11) is 0. The van der Waals surface area contributed by atoms with Crippen LogP contribution >= 0.6 is 0 Å². The summed E-state index contributed by atoms with van der Waals surface area (Å²) in [5.41, 5.74) is 0. The van der Waals surface area contributed by atoms with Gasteiger partial charge in [0.1, 0.15) is 0 Å². The lowest BCUT2D eigenvalue weighted by molar-refractivity contribution is 0.108. The Morgan fingerprint density at radius 1 is 0.652 bits per heavy atom. The highest BCUT2D eigenvalue weighted by atomic mass is 15.2. The minimum Gasteiger partial charge on any atom is -0.313 e. The van der Waals surface area contributed by atoms with Gasteiger partial charge in [-0.3, -0.25) is 9.80 Å². The fraction of sp³-hybridized carbons (Fsp3) is 1.00. The maximum atomic E-state index is 3.64. The summed E-state index contributed by atoms with van der Waals surface area (Å²) < 4.78 is 0. The lowest BCUT2D eigenvalue weighted by atomic mass is 10.1. The Labute approximate surface area is 147 Å². The lowest BCUT2D eigenvalue weighted by Gasteiger charge is -2.37. The predicted molar refractivity (Wildman–Crippen MR) is 105 cm³/mol. The molecular weight excluding hydrogens is 282 g/mol. The molecule has 0 aliphatic carbocycles. The van der Waals surface area contributed by atoms with Gasteiger partial charge in [-0.25, -0.2) is 0 Å². The van der Waals surface area contributed by atoms with Crippen LogP contribution in [0.1, 0.15) is 81.1 Å². The first-order chi connectivity index (χ1) is 10.9. The van der Waals surface area contributed by atoms with Crippen LogP contribution < -0.4 is 5.32 Å². The standard InChI is InChI=1S/C20H45N3/c1-9-17(5)21-13-14-22(18(6)10-2)15-16-23(19(7)11-3)20(8)12-4/h17-21H,9-16H2,1-8H3. The molecule has 0 saturated carbocycles. The molecule has 0 aliphatic heterocycles. The van der Waals surface area contributed by atoms with Gasteiger partial charge in [0.2, 0.25) is 0 Å². The molecule has 0 radical (unpaired) electrons. The second kappa shape index (κ2) is 13.2. The molecule has 3 heteroatoms. The Kier molecular flexibility index (Phi) is 13.1. The highest BCUT2D eigenvalue weighted by Gasteiger charge is 2.20. The molecule has 0 aliphatic rings. The van der Waals surface area contributed by atoms with Crippen molar-refractivity contribution < 1.29 is 0 Å². The average molecular weight is 328 g/mol. The van der Waals surface area contributed by atoms with Gasteiger partial charge >= 0.3 is 0 Å². The number of nitrogens with one attached hydrogen (secondary N) is 1. The summed E-state index contributed by atoms with van der Waals surface area (Å²) in [4.78, 5) is 5.38. The first kappa shape index (κ1) is 22.9. The molecule has 4 unspecified atom stereocenters. The highest BCUT2D eigenvalue weighted by molar-refractivity contribution is 4.76. The zero-order chi connectivity index (χ0) is 17.8. The molecule has 0 saturated heterocycles. The predicted octanol–water partition coefficient (Wildman–Crippen LogP) is 4.37. The molecular formula is C20H45N3. The molecule has 3 nitrogen and oxygen atoms in total. The third-order valence-electron chi connectivity index (χ3n) is 5.68. The molecule has 0 aromatic rings. The van der Waals surface area contributed by atoms with E-state index in [0.717, 1.165) is 13.1 Å². The van der Waals surface area contributed by atoms with Crippen LogP contribution in [-0.2, 0) is 0 Å². The van der Waals surface area contributed by atoms with Gasteiger partial charge < -0.3 is 5.32 Å². The molecule has 4 atom stereocenters. The third-order valence-corrected chi connectivity index (χ3v) is 5.68. The van der Waals surface area contributed by atoms with Crippen molar-refractivity contribution >= 4 is 0 Å². The Bertz CT molecular complexity index is 260. The summed E-state index contributed by atoms with van der Waals surface area (Å²) in [6.45, 7) is 23.2. The Morgan fingerprint density at radius 2 is 1.17 bits per heavy atom. The smallest absolute Gasteiger partial charge is 0.0115 e. The summed E-state index contributed by atoms with van der Waals surface area (Å²) >= 11 is 0. The Morgan fingerprint density at radius 3 is 1.61 bits per heavy atom. The van der Waals surface area contributed by atoms with Crippen molar-refractivity contribution in [1.29, 1.82) is 0 Å². The quantitative estimate of drug-likeness (QED) is 0.511. The van der Waals surface area contributed by atoms with Crippen LogP contribution in [0.15, 0.2) is 0 Å². The second-order valence-corrected chi connectivity index (χ2v) is 7.31. The molecule has 0 amide bonds. The van der Waals surface area contributed by atoms with Gasteiger partial charge in [-0.15, -0.1) is 0 Å². The van der Waals surface area contributed by atoms with E-state index in [4.69, 9.17) is 0 Å². The van der Waals surface area contributed by atoms with E-state index < -0.39 is 0 Å². The van der Waals surface area contributed by atoms with E-state index in [1.807, 2.05) is 0 Å². The minimum absolute atomic E-state index is 0.630. The molecule has 0 aromatic heterocycles. The van der Waals surface area contributed by atoms with Gasteiger partial charge in [0.15, 0.2) is 0 Å². The number of rotatable bonds is 14. The molecule has 0 fully saturated rings. The topological polar surface area (TPSA) is 18.5 Å². The van der Waals surface area contributed by atoms with Gasteiger partial charge in [-0.05, 0) is 53.4 Å². The van der Waals surface area contributed by atoms with E-state index in [0.29, 0.717) is 24.2 Å². The zero-order valence-electron chi connectivity index (χ0n) is 17.4. The fourth-order valence-corrected chi connectivity index (χ4v) is 3.00. The summed E-state index contributed by atoms with van der Waals surface area (Å²) in [5.74, 6) is 0. The van der Waals surface area contributed by atoms with Crippen molar-refractivity contribution in [3.63, 3.8) is 0 Å². The summed E-state index contributed by atoms with van der Waals surface area (Å²) in [6.07, 6.45) is 4.92. The largest absolute Gasteiger partial charge is 0.313 e. The molecule has 0 bridgehead atoms. The molecule has 0 aromatic carbocycles. The number of hydrogen-bond donors (Lipinski definition) is 1. The van der Waals surface area contributed by atoms with E-state index in [1.54, 1.807) is 0 Å². The van der Waals surface area contributed by atoms with Crippen LogP contribution in [0, 0.1) is 0 Å². The van der Waals surface area contributed by atoms with Crippen molar-refractivity contribution in [2.45, 2.75) is 105 Å². The monoisotopic (exact) mass is 327 g/mol. The van der Waals surface area contributed by atoms with E-state index in [9.17, 15) is 0 Å². The van der Waals surface area contributed by atoms with E-state index in [2.05, 4.69) is 70.5 Å². The molecule has 140 valence electrons. The maximum absolute atomic E-state index is 3.64. The van der Waals surface area contributed by atoms with Crippen LogP contribution in [0.2, 0.25) is 0 Å². The summed E-state index contributed by atoms with van der Waals surface area (Å²) in [5, 5.41) is 3.64. The van der Waals surface area contributed by atoms with Gasteiger partial charge in [0.05, 0.1) is 0 Å². The third kappa shape index (κ3) is 9.07. The first-order valence-corrected chi connectivity index (χ1v) is 10.1. The molecule has 1 N–H and O–H groups in total. The van der Waals surface area contributed by atoms with Crippen molar-refractivity contribution in [3.8, 4) is 0 Å². The van der Waals surface area contributed by atoms with Crippen molar-refractivity contribution in [3.05, 3.63) is 0 Å². The van der Waals surface area contributed by atoms with Gasteiger partial charge in [0, 0.05) is 50.3 Å². The van der Waals surface area contributed by atoms with Crippen LogP contribution in [0.3, 0.4) is 0 Å². The Balaban J connectivity index is 4.55. The van der Waals surface area contributed by atoms with E-state index >= 15 is 0 Å². The van der Waals surface area contributed by atoms with Gasteiger partial charge in [-0.2, -0.15) is 0 Å².